The molecule has 0 spiro atoms. The summed E-state index contributed by atoms with van der Waals surface area (Å²) < 4.78 is 5.65. The summed E-state index contributed by atoms with van der Waals surface area (Å²) in [5.74, 6) is 0.932. The lowest BCUT2D eigenvalue weighted by Crippen LogP contribution is -2.23. The van der Waals surface area contributed by atoms with Gasteiger partial charge in [0.15, 0.2) is 4.90 Å². The van der Waals surface area contributed by atoms with Gasteiger partial charge in [0.2, 0.25) is 0 Å². The number of likely N-dealkylation sites (tertiary alicyclic amines) is 1. The third-order valence-electron chi connectivity index (χ3n) is 5.44. The predicted molar refractivity (Wildman–Crippen MR) is 112 cm³/mol. The first-order valence-corrected chi connectivity index (χ1v) is 10.1. The number of rotatable bonds is 4. The zero-order valence-electron chi connectivity index (χ0n) is 15.5. The van der Waals surface area contributed by atoms with Gasteiger partial charge >= 0.3 is 0 Å². The number of aliphatic imine (C=N–C) groups is 1. The minimum atomic E-state index is 0.845. The van der Waals surface area contributed by atoms with Gasteiger partial charge in [-0.25, -0.2) is 4.99 Å². The van der Waals surface area contributed by atoms with Crippen LogP contribution < -0.4 is 4.90 Å². The van der Waals surface area contributed by atoms with Crippen molar-refractivity contribution in [1.29, 1.82) is 0 Å². The number of benzene rings is 1. The van der Waals surface area contributed by atoms with Crippen molar-refractivity contribution >= 4 is 29.7 Å². The highest BCUT2D eigenvalue weighted by Gasteiger charge is 2.22. The molecule has 1 aromatic carbocycles. The molecule has 4 rings (SSSR count). The van der Waals surface area contributed by atoms with E-state index in [1.807, 2.05) is 0 Å². The lowest BCUT2D eigenvalue weighted by molar-refractivity contribution is 0.269. The highest BCUT2D eigenvalue weighted by molar-refractivity contribution is 7.59. The van der Waals surface area contributed by atoms with Gasteiger partial charge in [0.05, 0.1) is 12.8 Å². The van der Waals surface area contributed by atoms with Gasteiger partial charge in [-0.15, -0.1) is 0 Å². The molecule has 0 N–H and O–H groups in total. The summed E-state index contributed by atoms with van der Waals surface area (Å²) in [7, 11) is 1.75. The van der Waals surface area contributed by atoms with Gasteiger partial charge in [0.25, 0.3) is 0 Å². The maximum atomic E-state index is 5.65. The maximum Gasteiger partial charge on any atom is 0.178 e. The summed E-state index contributed by atoms with van der Waals surface area (Å²) in [5.41, 5.74) is 4.53. The molecule has 1 aromatic rings. The van der Waals surface area contributed by atoms with Crippen molar-refractivity contribution in [2.24, 2.45) is 4.99 Å². The van der Waals surface area contributed by atoms with Gasteiger partial charge in [0.1, 0.15) is 11.4 Å². The SMILES string of the molecule is COC1=CC(=Nc2ccc(N3CCCC3)cc2[SH2+])CC=C1N1CCCC1. The minimum absolute atomic E-state index is 0.845. The Hall–Kier alpha value is -1.88. The van der Waals surface area contributed by atoms with E-state index in [4.69, 9.17) is 9.73 Å². The molecule has 0 unspecified atom stereocenters. The number of hydrogen-bond donors (Lipinski definition) is 0. The van der Waals surface area contributed by atoms with E-state index in [1.54, 1.807) is 7.11 Å². The Morgan fingerprint density at radius 3 is 2.35 bits per heavy atom. The van der Waals surface area contributed by atoms with Gasteiger partial charge in [-0.2, -0.15) is 0 Å². The van der Waals surface area contributed by atoms with E-state index in [0.717, 1.165) is 54.7 Å². The highest BCUT2D eigenvalue weighted by atomic mass is 32.1. The van der Waals surface area contributed by atoms with Gasteiger partial charge in [-0.05, 0) is 50.4 Å². The third-order valence-corrected chi connectivity index (χ3v) is 5.84. The Balaban J connectivity index is 1.54. The monoisotopic (exact) mass is 370 g/mol. The second-order valence-corrected chi connectivity index (χ2v) is 7.74. The Morgan fingerprint density at radius 2 is 1.69 bits per heavy atom. The molecule has 5 heteroatoms. The van der Waals surface area contributed by atoms with Crippen molar-refractivity contribution in [3.8, 4) is 0 Å². The van der Waals surface area contributed by atoms with Crippen LogP contribution in [-0.2, 0) is 17.4 Å². The molecule has 0 bridgehead atoms. The molecule has 2 fully saturated rings. The average Bonchev–Trinajstić information content (AvgIpc) is 3.37. The van der Waals surface area contributed by atoms with Crippen molar-refractivity contribution in [2.45, 2.75) is 37.0 Å². The summed E-state index contributed by atoms with van der Waals surface area (Å²) in [6, 6.07) is 6.49. The van der Waals surface area contributed by atoms with E-state index in [-0.39, 0.29) is 0 Å². The number of methoxy groups -OCH3 is 1. The lowest BCUT2D eigenvalue weighted by atomic mass is 10.1. The van der Waals surface area contributed by atoms with Crippen LogP contribution in [0.25, 0.3) is 0 Å². The topological polar surface area (TPSA) is 28.1 Å². The molecule has 26 heavy (non-hydrogen) atoms. The second-order valence-electron chi connectivity index (χ2n) is 7.20. The maximum absolute atomic E-state index is 5.65. The van der Waals surface area contributed by atoms with Crippen LogP contribution in [0.15, 0.2) is 51.7 Å². The van der Waals surface area contributed by atoms with E-state index < -0.39 is 0 Å². The van der Waals surface area contributed by atoms with Crippen LogP contribution in [0.4, 0.5) is 11.4 Å². The van der Waals surface area contributed by atoms with Crippen LogP contribution in [0.3, 0.4) is 0 Å². The zero-order valence-corrected chi connectivity index (χ0v) is 16.5. The van der Waals surface area contributed by atoms with E-state index in [1.165, 1.54) is 37.1 Å². The summed E-state index contributed by atoms with van der Waals surface area (Å²) in [6.07, 6.45) is 10.3. The summed E-state index contributed by atoms with van der Waals surface area (Å²) in [4.78, 5) is 10.8. The number of anilines is 1. The van der Waals surface area contributed by atoms with E-state index in [0.29, 0.717) is 0 Å². The first-order valence-electron chi connectivity index (χ1n) is 9.64. The third kappa shape index (κ3) is 3.63. The minimum Gasteiger partial charge on any atom is -0.495 e. The van der Waals surface area contributed by atoms with Gasteiger partial charge in [-0.1, -0.05) is 6.08 Å². The van der Waals surface area contributed by atoms with E-state index in [9.17, 15) is 0 Å². The number of hydrogen-bond acceptors (Lipinski definition) is 4. The Kier molecular flexibility index (Phi) is 5.25. The summed E-state index contributed by atoms with van der Waals surface area (Å²) in [6.45, 7) is 4.57. The molecule has 2 saturated heterocycles. The van der Waals surface area contributed by atoms with Gasteiger partial charge < -0.3 is 14.5 Å². The molecule has 0 radical (unpaired) electrons. The van der Waals surface area contributed by atoms with E-state index in [2.05, 4.69) is 52.8 Å². The zero-order chi connectivity index (χ0) is 17.9. The molecule has 1 aliphatic carbocycles. The van der Waals surface area contributed by atoms with Crippen molar-refractivity contribution in [3.63, 3.8) is 0 Å². The fourth-order valence-corrected chi connectivity index (χ4v) is 4.31. The molecule has 3 aliphatic rings. The molecule has 0 atom stereocenters. The highest BCUT2D eigenvalue weighted by Crippen LogP contribution is 2.30. The van der Waals surface area contributed by atoms with Crippen LogP contribution in [0.2, 0.25) is 0 Å². The Bertz CT molecular complexity index is 757. The molecule has 0 aromatic heterocycles. The predicted octanol–water partition coefficient (Wildman–Crippen LogP) is 3.64. The van der Waals surface area contributed by atoms with Crippen LogP contribution in [0.5, 0.6) is 0 Å². The van der Waals surface area contributed by atoms with Crippen LogP contribution >= 0.6 is 0 Å². The lowest BCUT2D eigenvalue weighted by Gasteiger charge is -2.25. The van der Waals surface area contributed by atoms with Crippen molar-refractivity contribution in [2.75, 3.05) is 38.2 Å². The number of allylic oxidation sites excluding steroid dienone is 2. The van der Waals surface area contributed by atoms with Crippen molar-refractivity contribution < 1.29 is 4.74 Å². The fourth-order valence-electron chi connectivity index (χ4n) is 4.02. The molecular weight excluding hydrogens is 342 g/mol. The largest absolute Gasteiger partial charge is 0.495 e. The number of nitrogens with zero attached hydrogens (tertiary/aromatic N) is 3. The molecule has 2 aliphatic heterocycles. The van der Waals surface area contributed by atoms with Crippen molar-refractivity contribution in [3.05, 3.63) is 41.8 Å². The fraction of sp³-hybridized carbons (Fsp3) is 0.476. The molecule has 0 saturated carbocycles. The second kappa shape index (κ2) is 7.78. The molecule has 0 amide bonds. The Morgan fingerprint density at radius 1 is 1.00 bits per heavy atom. The standard InChI is InChI=1S/C21H27N3OS/c1-25-20-14-16(6-9-19(20)24-12-4-5-13-24)22-18-8-7-17(15-21(18)26)23-10-2-3-11-23/h7-9,14-15,26H,2-6,10-13H2,1H3/p+1. The smallest absolute Gasteiger partial charge is 0.178 e. The molecule has 4 nitrogen and oxygen atoms in total. The normalized spacial score (nSPS) is 22.0. The molecule has 2 heterocycles. The van der Waals surface area contributed by atoms with Crippen LogP contribution in [0, 0.1) is 0 Å². The first-order chi connectivity index (χ1) is 12.7. The van der Waals surface area contributed by atoms with Gasteiger partial charge in [0, 0.05) is 56.1 Å². The number of ether oxygens (including phenoxy) is 1. The molecule has 138 valence electrons. The van der Waals surface area contributed by atoms with Crippen molar-refractivity contribution in [1.82, 2.24) is 4.90 Å². The van der Waals surface area contributed by atoms with Gasteiger partial charge in [-0.3, -0.25) is 0 Å². The summed E-state index contributed by atoms with van der Waals surface area (Å²) >= 11 is 3.77. The van der Waals surface area contributed by atoms with Crippen LogP contribution in [0.1, 0.15) is 32.1 Å². The quantitative estimate of drug-likeness (QED) is 0.758. The average molecular weight is 371 g/mol. The first kappa shape index (κ1) is 17.5. The van der Waals surface area contributed by atoms with Crippen LogP contribution in [-0.4, -0.2) is 43.9 Å². The summed E-state index contributed by atoms with van der Waals surface area (Å²) in [5, 5.41) is 0. The van der Waals surface area contributed by atoms with E-state index >= 15 is 0 Å². The molecular formula is C21H28N3OS+. The Labute approximate surface area is 161 Å².